The molecule has 0 amide bonds. The number of aromatic hydroxyl groups is 1. The molecule has 4 nitrogen and oxygen atoms in total. The Balaban J connectivity index is 1.82. The van der Waals surface area contributed by atoms with Crippen molar-refractivity contribution in [2.24, 2.45) is 0 Å². The molecule has 1 aliphatic heterocycles. The zero-order valence-corrected chi connectivity index (χ0v) is 10.2. The highest BCUT2D eigenvalue weighted by Crippen LogP contribution is 2.36. The quantitative estimate of drug-likeness (QED) is 0.817. The third kappa shape index (κ3) is 2.07. The van der Waals surface area contributed by atoms with Gasteiger partial charge in [-0.05, 0) is 24.3 Å². The van der Waals surface area contributed by atoms with Crippen molar-refractivity contribution in [1.29, 1.82) is 0 Å². The van der Waals surface area contributed by atoms with Gasteiger partial charge in [0.2, 0.25) is 0 Å². The Kier molecular flexibility index (Phi) is 2.72. The zero-order chi connectivity index (χ0) is 12.5. The van der Waals surface area contributed by atoms with Gasteiger partial charge >= 0.3 is 0 Å². The molecule has 5 heteroatoms. The van der Waals surface area contributed by atoms with Crippen LogP contribution in [-0.4, -0.2) is 16.7 Å². The molecule has 1 aromatic carbocycles. The van der Waals surface area contributed by atoms with E-state index in [1.54, 1.807) is 24.4 Å². The Labute approximate surface area is 109 Å². The zero-order valence-electron chi connectivity index (χ0n) is 9.43. The molecule has 92 valence electrons. The number of nitrogens with zero attached hydrogens (tertiary/aromatic N) is 1. The summed E-state index contributed by atoms with van der Waals surface area (Å²) in [6, 6.07) is 8.80. The molecule has 18 heavy (non-hydrogen) atoms. The molecule has 0 fully saturated rings. The van der Waals surface area contributed by atoms with Crippen LogP contribution in [0.15, 0.2) is 36.5 Å². The van der Waals surface area contributed by atoms with Gasteiger partial charge in [-0.1, -0.05) is 11.6 Å². The molecule has 1 aliphatic rings. The fourth-order valence-corrected chi connectivity index (χ4v) is 2.09. The first-order chi connectivity index (χ1) is 8.72. The van der Waals surface area contributed by atoms with Crippen molar-refractivity contribution in [3.8, 4) is 11.5 Å². The molecule has 0 saturated heterocycles. The minimum atomic E-state index is 0.0589. The number of rotatable bonds is 2. The van der Waals surface area contributed by atoms with Crippen LogP contribution in [0.3, 0.4) is 0 Å². The molecule has 0 bridgehead atoms. The van der Waals surface area contributed by atoms with Gasteiger partial charge in [-0.3, -0.25) is 0 Å². The van der Waals surface area contributed by atoms with Crippen molar-refractivity contribution in [1.82, 2.24) is 4.98 Å². The van der Waals surface area contributed by atoms with Crippen LogP contribution in [0.25, 0.3) is 0 Å². The number of fused-ring (bicyclic) bond motifs is 1. The number of halogens is 1. The molecule has 2 heterocycles. The summed E-state index contributed by atoms with van der Waals surface area (Å²) in [5.74, 6) is 0.928. The summed E-state index contributed by atoms with van der Waals surface area (Å²) in [5.41, 5.74) is 1.91. The van der Waals surface area contributed by atoms with Gasteiger partial charge in [0.15, 0.2) is 0 Å². The van der Waals surface area contributed by atoms with Gasteiger partial charge < -0.3 is 15.2 Å². The van der Waals surface area contributed by atoms with Gasteiger partial charge in [-0.15, -0.1) is 0 Å². The number of ether oxygens (including phenoxy) is 1. The van der Waals surface area contributed by atoms with E-state index in [1.807, 2.05) is 12.1 Å². The molecule has 0 radical (unpaired) electrons. The highest BCUT2D eigenvalue weighted by Gasteiger charge is 2.24. The van der Waals surface area contributed by atoms with Crippen molar-refractivity contribution in [2.75, 3.05) is 11.9 Å². The molecule has 3 rings (SSSR count). The molecule has 1 atom stereocenters. The molecular formula is C13H11ClN2O2. The summed E-state index contributed by atoms with van der Waals surface area (Å²) in [6.45, 7) is 0.529. The summed E-state index contributed by atoms with van der Waals surface area (Å²) in [7, 11) is 0. The third-order valence-corrected chi connectivity index (χ3v) is 3.07. The standard InChI is InChI=1S/C13H11ClN2O2/c14-13-4-1-8(6-15-13)16-11-7-18-12-5-9(17)2-3-10(11)12/h1-6,11,16-17H,7H2. The Bertz CT molecular complexity index is 572. The van der Waals surface area contributed by atoms with Crippen LogP contribution in [0.5, 0.6) is 11.5 Å². The maximum Gasteiger partial charge on any atom is 0.129 e. The highest BCUT2D eigenvalue weighted by molar-refractivity contribution is 6.29. The number of pyridine rings is 1. The van der Waals surface area contributed by atoms with E-state index in [4.69, 9.17) is 16.3 Å². The number of aromatic nitrogens is 1. The van der Waals surface area contributed by atoms with Crippen LogP contribution in [0.1, 0.15) is 11.6 Å². The second-order valence-electron chi connectivity index (χ2n) is 4.10. The van der Waals surface area contributed by atoms with Gasteiger partial charge in [0.1, 0.15) is 23.3 Å². The Morgan fingerprint density at radius 2 is 2.22 bits per heavy atom. The lowest BCUT2D eigenvalue weighted by molar-refractivity contribution is 0.338. The number of phenols is 1. The number of hydrogen-bond acceptors (Lipinski definition) is 4. The minimum absolute atomic E-state index is 0.0589. The monoisotopic (exact) mass is 262 g/mol. The van der Waals surface area contributed by atoms with Gasteiger partial charge in [0, 0.05) is 11.6 Å². The van der Waals surface area contributed by atoms with E-state index in [1.165, 1.54) is 0 Å². The maximum atomic E-state index is 9.38. The SMILES string of the molecule is Oc1ccc2c(c1)OCC2Nc1ccc(Cl)nc1. The first-order valence-electron chi connectivity index (χ1n) is 5.56. The molecule has 0 spiro atoms. The lowest BCUT2D eigenvalue weighted by Crippen LogP contribution is -2.11. The van der Waals surface area contributed by atoms with Crippen LogP contribution in [0.4, 0.5) is 5.69 Å². The van der Waals surface area contributed by atoms with Crippen LogP contribution in [0, 0.1) is 0 Å². The summed E-state index contributed by atoms with van der Waals surface area (Å²) < 4.78 is 5.52. The normalized spacial score (nSPS) is 17.1. The molecule has 2 aromatic rings. The predicted molar refractivity (Wildman–Crippen MR) is 69.2 cm³/mol. The van der Waals surface area contributed by atoms with E-state index < -0.39 is 0 Å². The fraction of sp³-hybridized carbons (Fsp3) is 0.154. The van der Waals surface area contributed by atoms with Crippen molar-refractivity contribution >= 4 is 17.3 Å². The third-order valence-electron chi connectivity index (χ3n) is 2.85. The predicted octanol–water partition coefficient (Wildman–Crippen LogP) is 2.99. The first-order valence-corrected chi connectivity index (χ1v) is 5.94. The lowest BCUT2D eigenvalue weighted by Gasteiger charge is -2.12. The largest absolute Gasteiger partial charge is 0.508 e. The van der Waals surface area contributed by atoms with Crippen molar-refractivity contribution < 1.29 is 9.84 Å². The summed E-state index contributed by atoms with van der Waals surface area (Å²) in [4.78, 5) is 4.01. The van der Waals surface area contributed by atoms with Crippen molar-refractivity contribution in [3.05, 3.63) is 47.2 Å². The Morgan fingerprint density at radius 1 is 1.33 bits per heavy atom. The fourth-order valence-electron chi connectivity index (χ4n) is 1.98. The first kappa shape index (κ1) is 11.2. The lowest BCUT2D eigenvalue weighted by atomic mass is 10.1. The van der Waals surface area contributed by atoms with Crippen LogP contribution < -0.4 is 10.1 Å². The summed E-state index contributed by atoms with van der Waals surface area (Å²) in [5, 5.41) is 13.2. The van der Waals surface area contributed by atoms with Crippen molar-refractivity contribution in [2.45, 2.75) is 6.04 Å². The molecular weight excluding hydrogens is 252 g/mol. The van der Waals surface area contributed by atoms with E-state index in [0.717, 1.165) is 17.0 Å². The molecule has 0 saturated carbocycles. The maximum absolute atomic E-state index is 9.38. The van der Waals surface area contributed by atoms with Crippen LogP contribution in [-0.2, 0) is 0 Å². The second kappa shape index (κ2) is 4.38. The van der Waals surface area contributed by atoms with E-state index in [2.05, 4.69) is 10.3 Å². The number of benzene rings is 1. The minimum Gasteiger partial charge on any atom is -0.508 e. The van der Waals surface area contributed by atoms with Gasteiger partial charge in [-0.2, -0.15) is 0 Å². The van der Waals surface area contributed by atoms with Crippen LogP contribution in [0.2, 0.25) is 5.15 Å². The van der Waals surface area contributed by atoms with Gasteiger partial charge in [0.25, 0.3) is 0 Å². The second-order valence-corrected chi connectivity index (χ2v) is 4.49. The number of nitrogens with one attached hydrogen (secondary N) is 1. The van der Waals surface area contributed by atoms with E-state index in [9.17, 15) is 5.11 Å². The van der Waals surface area contributed by atoms with Gasteiger partial charge in [0.05, 0.1) is 17.9 Å². The topological polar surface area (TPSA) is 54.4 Å². The Morgan fingerprint density at radius 3 is 3.00 bits per heavy atom. The highest BCUT2D eigenvalue weighted by atomic mass is 35.5. The number of phenolic OH excluding ortho intramolecular Hbond substituents is 1. The molecule has 1 unspecified atom stereocenters. The Hall–Kier alpha value is -1.94. The van der Waals surface area contributed by atoms with E-state index in [-0.39, 0.29) is 11.8 Å². The smallest absolute Gasteiger partial charge is 0.129 e. The summed E-state index contributed by atoms with van der Waals surface area (Å²) >= 11 is 5.74. The van der Waals surface area contributed by atoms with E-state index >= 15 is 0 Å². The van der Waals surface area contributed by atoms with Crippen molar-refractivity contribution in [3.63, 3.8) is 0 Å². The molecule has 1 aromatic heterocycles. The number of anilines is 1. The average molecular weight is 263 g/mol. The average Bonchev–Trinajstić information content (AvgIpc) is 2.74. The number of hydrogen-bond donors (Lipinski definition) is 2. The summed E-state index contributed by atoms with van der Waals surface area (Å²) in [6.07, 6.45) is 1.68. The van der Waals surface area contributed by atoms with E-state index in [0.29, 0.717) is 11.8 Å². The molecule has 0 aliphatic carbocycles. The van der Waals surface area contributed by atoms with Gasteiger partial charge in [-0.25, -0.2) is 4.98 Å². The molecule has 2 N–H and O–H groups in total. The van der Waals surface area contributed by atoms with Crippen LogP contribution >= 0.6 is 11.6 Å².